The molecule has 0 heterocycles. The Morgan fingerprint density at radius 3 is 2.77 bits per heavy atom. The van der Waals surface area contributed by atoms with E-state index in [9.17, 15) is 4.79 Å². The fourth-order valence-electron chi connectivity index (χ4n) is 1.04. The van der Waals surface area contributed by atoms with Crippen LogP contribution in [0.5, 0.6) is 0 Å². The molecule has 0 N–H and O–H groups in total. The van der Waals surface area contributed by atoms with Crippen molar-refractivity contribution in [1.82, 2.24) is 0 Å². The molecule has 13 heavy (non-hydrogen) atoms. The van der Waals surface area contributed by atoms with Gasteiger partial charge >= 0.3 is 5.97 Å². The summed E-state index contributed by atoms with van der Waals surface area (Å²) in [4.78, 5) is 10.6. The van der Waals surface area contributed by atoms with Crippen molar-refractivity contribution in [3.05, 3.63) is 24.8 Å². The first kappa shape index (κ1) is 11.9. The minimum Gasteiger partial charge on any atom is -0.458 e. The quantitative estimate of drug-likeness (QED) is 0.358. The number of hydrogen-bond donors (Lipinski definition) is 0. The zero-order chi connectivity index (χ0) is 10.1. The summed E-state index contributed by atoms with van der Waals surface area (Å²) in [6.45, 7) is 7.03. The summed E-state index contributed by atoms with van der Waals surface area (Å²) in [5.41, 5.74) is 0. The molecule has 0 aromatic rings. The smallest absolute Gasteiger partial charge is 0.303 e. The largest absolute Gasteiger partial charge is 0.458 e. The van der Waals surface area contributed by atoms with Crippen molar-refractivity contribution >= 4 is 5.97 Å². The molecule has 1 unspecified atom stereocenters. The first-order valence-electron chi connectivity index (χ1n) is 4.61. The van der Waals surface area contributed by atoms with Gasteiger partial charge in [0.15, 0.2) is 0 Å². The Morgan fingerprint density at radius 2 is 2.31 bits per heavy atom. The number of hydrogen-bond acceptors (Lipinski definition) is 2. The van der Waals surface area contributed by atoms with Crippen molar-refractivity contribution in [3.8, 4) is 0 Å². The molecule has 0 aliphatic heterocycles. The number of allylic oxidation sites excluding steroid dienone is 2. The second kappa shape index (κ2) is 7.59. The van der Waals surface area contributed by atoms with Gasteiger partial charge < -0.3 is 4.74 Å². The number of unbranched alkanes of at least 4 members (excludes halogenated alkanes) is 1. The summed E-state index contributed by atoms with van der Waals surface area (Å²) in [5, 5.41) is 0. The molecule has 0 aliphatic carbocycles. The summed E-state index contributed by atoms with van der Waals surface area (Å²) in [6.07, 6.45) is 8.59. The topological polar surface area (TPSA) is 26.3 Å². The van der Waals surface area contributed by atoms with E-state index in [-0.39, 0.29) is 12.1 Å². The molecule has 0 rings (SSSR count). The Labute approximate surface area is 80.3 Å². The van der Waals surface area contributed by atoms with Crippen LogP contribution in [0.1, 0.15) is 33.1 Å². The highest BCUT2D eigenvalue weighted by atomic mass is 16.5. The van der Waals surface area contributed by atoms with Gasteiger partial charge in [-0.2, -0.15) is 0 Å². The number of rotatable bonds is 6. The van der Waals surface area contributed by atoms with Crippen LogP contribution in [0, 0.1) is 0 Å². The predicted octanol–water partition coefficient (Wildman–Crippen LogP) is 2.85. The zero-order valence-electron chi connectivity index (χ0n) is 8.45. The van der Waals surface area contributed by atoms with E-state index in [1.165, 1.54) is 6.92 Å². The first-order chi connectivity index (χ1) is 6.20. The van der Waals surface area contributed by atoms with Crippen molar-refractivity contribution in [2.45, 2.75) is 39.2 Å². The Hall–Kier alpha value is -1.05. The molecular formula is C11H18O2. The van der Waals surface area contributed by atoms with Crippen LogP contribution in [0.25, 0.3) is 0 Å². The number of carbonyl (C=O) groups is 1. The second-order valence-electron chi connectivity index (χ2n) is 2.88. The number of carbonyl (C=O) groups excluding carboxylic acids is 1. The van der Waals surface area contributed by atoms with E-state index in [1.54, 1.807) is 6.08 Å². The molecule has 0 aliphatic rings. The number of esters is 1. The van der Waals surface area contributed by atoms with Gasteiger partial charge in [0.25, 0.3) is 0 Å². The van der Waals surface area contributed by atoms with Crippen LogP contribution in [-0.4, -0.2) is 12.1 Å². The normalized spacial score (nSPS) is 12.8. The van der Waals surface area contributed by atoms with Crippen molar-refractivity contribution in [2.24, 2.45) is 0 Å². The summed E-state index contributed by atoms with van der Waals surface area (Å²) < 4.78 is 5.00. The van der Waals surface area contributed by atoms with Gasteiger partial charge in [0, 0.05) is 6.92 Å². The van der Waals surface area contributed by atoms with E-state index in [2.05, 4.69) is 12.7 Å². The lowest BCUT2D eigenvalue weighted by molar-refractivity contribution is -0.144. The van der Waals surface area contributed by atoms with Gasteiger partial charge in [0.1, 0.15) is 6.10 Å². The lowest BCUT2D eigenvalue weighted by Crippen LogP contribution is -2.12. The number of ether oxygens (including phenoxy) is 1. The molecule has 74 valence electrons. The second-order valence-corrected chi connectivity index (χ2v) is 2.88. The van der Waals surface area contributed by atoms with E-state index in [1.807, 2.05) is 13.0 Å². The molecule has 0 fully saturated rings. The van der Waals surface area contributed by atoms with Gasteiger partial charge in [0.2, 0.25) is 0 Å². The van der Waals surface area contributed by atoms with E-state index >= 15 is 0 Å². The fourth-order valence-corrected chi connectivity index (χ4v) is 1.04. The molecule has 0 saturated heterocycles. The van der Waals surface area contributed by atoms with Crippen molar-refractivity contribution in [1.29, 1.82) is 0 Å². The summed E-state index contributed by atoms with van der Waals surface area (Å²) in [6, 6.07) is 0. The highest BCUT2D eigenvalue weighted by molar-refractivity contribution is 5.66. The Bertz CT molecular complexity index is 183. The molecular weight excluding hydrogens is 164 g/mol. The highest BCUT2D eigenvalue weighted by Gasteiger charge is 2.05. The lowest BCUT2D eigenvalue weighted by Gasteiger charge is -2.11. The predicted molar refractivity (Wildman–Crippen MR) is 54.4 cm³/mol. The average molecular weight is 182 g/mol. The van der Waals surface area contributed by atoms with E-state index in [4.69, 9.17) is 4.74 Å². The molecule has 0 aromatic carbocycles. The Balaban J connectivity index is 3.59. The minimum absolute atomic E-state index is 0.122. The van der Waals surface area contributed by atoms with Crippen molar-refractivity contribution in [2.75, 3.05) is 0 Å². The van der Waals surface area contributed by atoms with Gasteiger partial charge in [-0.1, -0.05) is 24.8 Å². The van der Waals surface area contributed by atoms with Gasteiger partial charge in [-0.3, -0.25) is 4.79 Å². The summed E-state index contributed by atoms with van der Waals surface area (Å²) >= 11 is 0. The molecule has 0 spiro atoms. The van der Waals surface area contributed by atoms with Crippen molar-refractivity contribution in [3.63, 3.8) is 0 Å². The molecule has 0 radical (unpaired) electrons. The van der Waals surface area contributed by atoms with Crippen LogP contribution in [0.3, 0.4) is 0 Å². The van der Waals surface area contributed by atoms with E-state index in [0.717, 1.165) is 19.3 Å². The monoisotopic (exact) mass is 182 g/mol. The minimum atomic E-state index is -0.240. The Kier molecular flexibility index (Phi) is 6.98. The molecule has 2 nitrogen and oxygen atoms in total. The van der Waals surface area contributed by atoms with Crippen LogP contribution in [0.4, 0.5) is 0 Å². The third-order valence-electron chi connectivity index (χ3n) is 1.68. The molecule has 0 saturated carbocycles. The zero-order valence-corrected chi connectivity index (χ0v) is 8.45. The fraction of sp³-hybridized carbons (Fsp3) is 0.545. The van der Waals surface area contributed by atoms with Crippen LogP contribution in [-0.2, 0) is 9.53 Å². The van der Waals surface area contributed by atoms with Gasteiger partial charge in [-0.05, 0) is 26.2 Å². The van der Waals surface area contributed by atoms with Gasteiger partial charge in [-0.25, -0.2) is 0 Å². The summed E-state index contributed by atoms with van der Waals surface area (Å²) in [7, 11) is 0. The van der Waals surface area contributed by atoms with Gasteiger partial charge in [-0.15, -0.1) is 0 Å². The molecule has 0 bridgehead atoms. The van der Waals surface area contributed by atoms with Crippen molar-refractivity contribution < 1.29 is 9.53 Å². The maximum atomic E-state index is 10.6. The SMILES string of the molecule is C=CC(CCCC=CC)OC(C)=O. The first-order valence-corrected chi connectivity index (χ1v) is 4.61. The lowest BCUT2D eigenvalue weighted by atomic mass is 10.1. The van der Waals surface area contributed by atoms with Crippen LogP contribution < -0.4 is 0 Å². The van der Waals surface area contributed by atoms with Crippen LogP contribution in [0.2, 0.25) is 0 Å². The van der Waals surface area contributed by atoms with E-state index in [0.29, 0.717) is 0 Å². The molecule has 0 amide bonds. The third-order valence-corrected chi connectivity index (χ3v) is 1.68. The Morgan fingerprint density at radius 1 is 1.62 bits per heavy atom. The highest BCUT2D eigenvalue weighted by Crippen LogP contribution is 2.06. The molecule has 0 aromatic heterocycles. The third kappa shape index (κ3) is 7.32. The maximum Gasteiger partial charge on any atom is 0.303 e. The molecule has 2 heteroatoms. The van der Waals surface area contributed by atoms with Crippen LogP contribution >= 0.6 is 0 Å². The van der Waals surface area contributed by atoms with Crippen LogP contribution in [0.15, 0.2) is 24.8 Å². The standard InChI is InChI=1S/C11H18O2/c1-4-6-7-8-9-11(5-2)13-10(3)12/h4-6,11H,2,7-9H2,1,3H3. The maximum absolute atomic E-state index is 10.6. The van der Waals surface area contributed by atoms with Gasteiger partial charge in [0.05, 0.1) is 0 Å². The van der Waals surface area contributed by atoms with E-state index < -0.39 is 0 Å². The summed E-state index contributed by atoms with van der Waals surface area (Å²) in [5.74, 6) is -0.240. The average Bonchev–Trinajstić information content (AvgIpc) is 2.09. The molecule has 1 atom stereocenters.